The van der Waals surface area contributed by atoms with Crippen LogP contribution in [-0.2, 0) is 6.42 Å². The highest BCUT2D eigenvalue weighted by molar-refractivity contribution is 5.58. The third-order valence-electron chi connectivity index (χ3n) is 2.36. The summed E-state index contributed by atoms with van der Waals surface area (Å²) in [6, 6.07) is 3.48. The predicted octanol–water partition coefficient (Wildman–Crippen LogP) is -0.509. The second kappa shape index (κ2) is 3.06. The molecular formula is C10H6N4O2. The molecule has 16 heavy (non-hydrogen) atoms. The number of fused-ring (bicyclic) bond motifs is 1. The Balaban J connectivity index is 2.04. The molecule has 0 amide bonds. The van der Waals surface area contributed by atoms with Gasteiger partial charge in [0, 0.05) is 24.0 Å². The van der Waals surface area contributed by atoms with Gasteiger partial charge in [-0.1, -0.05) is 0 Å². The molecule has 78 valence electrons. The van der Waals surface area contributed by atoms with Gasteiger partial charge in [0.25, 0.3) is 5.43 Å². The molecule has 0 unspecified atom stereocenters. The van der Waals surface area contributed by atoms with E-state index >= 15 is 0 Å². The Morgan fingerprint density at radius 3 is 2.81 bits per heavy atom. The molecule has 0 atom stereocenters. The van der Waals surface area contributed by atoms with E-state index in [1.807, 2.05) is 6.07 Å². The van der Waals surface area contributed by atoms with Gasteiger partial charge in [-0.2, -0.15) is 5.10 Å². The van der Waals surface area contributed by atoms with Gasteiger partial charge >= 0.3 is 5.56 Å². The van der Waals surface area contributed by atoms with Crippen LogP contribution >= 0.6 is 0 Å². The quantitative estimate of drug-likeness (QED) is 0.580. The first-order valence-electron chi connectivity index (χ1n) is 4.69. The van der Waals surface area contributed by atoms with E-state index in [0.717, 1.165) is 5.69 Å². The summed E-state index contributed by atoms with van der Waals surface area (Å²) in [4.78, 5) is 29.9. The molecule has 0 radical (unpaired) electrons. The summed E-state index contributed by atoms with van der Waals surface area (Å²) >= 11 is 0. The minimum atomic E-state index is -0.731. The lowest BCUT2D eigenvalue weighted by Gasteiger charge is -1.90. The highest BCUT2D eigenvalue weighted by Crippen LogP contribution is 2.16. The van der Waals surface area contributed by atoms with Crippen LogP contribution in [0.5, 0.6) is 0 Å². The summed E-state index contributed by atoms with van der Waals surface area (Å²) in [5.74, 6) is 0. The van der Waals surface area contributed by atoms with E-state index in [1.165, 1.54) is 0 Å². The van der Waals surface area contributed by atoms with E-state index < -0.39 is 11.0 Å². The fourth-order valence-electron chi connectivity index (χ4n) is 1.64. The second-order valence-corrected chi connectivity index (χ2v) is 3.49. The lowest BCUT2D eigenvalue weighted by atomic mass is 10.2. The number of aromatic amines is 1. The first-order valence-corrected chi connectivity index (χ1v) is 4.69. The Morgan fingerprint density at radius 1 is 1.25 bits per heavy atom. The first-order chi connectivity index (χ1) is 7.74. The average molecular weight is 214 g/mol. The van der Waals surface area contributed by atoms with Gasteiger partial charge in [-0.25, -0.2) is 9.97 Å². The second-order valence-electron chi connectivity index (χ2n) is 3.49. The highest BCUT2D eigenvalue weighted by atomic mass is 16.2. The molecule has 0 aliphatic carbocycles. The third kappa shape index (κ3) is 1.23. The van der Waals surface area contributed by atoms with Crippen molar-refractivity contribution in [2.24, 2.45) is 0 Å². The van der Waals surface area contributed by atoms with E-state index in [1.54, 1.807) is 12.3 Å². The van der Waals surface area contributed by atoms with Crippen LogP contribution in [0.4, 0.5) is 0 Å². The number of hydrogen-bond acceptors (Lipinski definition) is 5. The summed E-state index contributed by atoms with van der Waals surface area (Å²) in [6.45, 7) is 0. The fraction of sp³-hybridized carbons (Fsp3) is 0.100. The molecule has 2 aliphatic heterocycles. The SMILES string of the molecule is O=c1nc2cc(Cc3ccn[nH]3)nc-2c1=O. The molecule has 1 aromatic rings. The fourth-order valence-corrected chi connectivity index (χ4v) is 1.64. The van der Waals surface area contributed by atoms with Gasteiger partial charge in [-0.05, 0) is 12.1 Å². The topological polar surface area (TPSA) is 88.6 Å². The number of hydrogen-bond donors (Lipinski definition) is 1. The van der Waals surface area contributed by atoms with Crippen LogP contribution in [0.1, 0.15) is 11.4 Å². The minimum absolute atomic E-state index is 0.166. The number of H-pyrrole nitrogens is 1. The van der Waals surface area contributed by atoms with Gasteiger partial charge in [0.2, 0.25) is 0 Å². The van der Waals surface area contributed by atoms with Crippen molar-refractivity contribution in [3.8, 4) is 11.4 Å². The van der Waals surface area contributed by atoms with Crippen LogP contribution in [0.25, 0.3) is 11.4 Å². The summed E-state index contributed by atoms with van der Waals surface area (Å²) in [5, 5.41) is 6.61. The Hall–Kier alpha value is -2.37. The average Bonchev–Trinajstić information content (AvgIpc) is 2.91. The van der Waals surface area contributed by atoms with Crippen LogP contribution in [0, 0.1) is 0 Å². The summed E-state index contributed by atoms with van der Waals surface area (Å²) in [7, 11) is 0. The van der Waals surface area contributed by atoms with Crippen molar-refractivity contribution < 1.29 is 0 Å². The molecular weight excluding hydrogens is 208 g/mol. The van der Waals surface area contributed by atoms with Crippen molar-refractivity contribution >= 4 is 0 Å². The predicted molar refractivity (Wildman–Crippen MR) is 55.0 cm³/mol. The maximum Gasteiger partial charge on any atom is 0.320 e. The maximum atomic E-state index is 11.3. The molecule has 0 bridgehead atoms. The summed E-state index contributed by atoms with van der Waals surface area (Å²) in [5.41, 5.74) is 0.800. The zero-order valence-corrected chi connectivity index (χ0v) is 8.10. The van der Waals surface area contributed by atoms with Gasteiger partial charge in [-0.15, -0.1) is 0 Å². The minimum Gasteiger partial charge on any atom is -0.282 e. The lowest BCUT2D eigenvalue weighted by molar-refractivity contribution is 0.977. The standard InChI is InChI=1S/C10H6N4O2/c15-9-8-7(13-10(9)16)4-6(12-8)3-5-1-2-11-14-5/h1-2,4H,3H2,(H,11,14). The normalized spacial score (nSPS) is 11.2. The Labute approximate surface area is 89.0 Å². The van der Waals surface area contributed by atoms with Crippen LogP contribution < -0.4 is 11.0 Å². The van der Waals surface area contributed by atoms with E-state index in [9.17, 15) is 9.59 Å². The van der Waals surface area contributed by atoms with Gasteiger partial charge < -0.3 is 0 Å². The molecule has 3 heterocycles. The smallest absolute Gasteiger partial charge is 0.282 e. The Kier molecular flexibility index (Phi) is 1.70. The third-order valence-corrected chi connectivity index (χ3v) is 2.36. The number of rotatable bonds is 2. The molecule has 0 saturated carbocycles. The van der Waals surface area contributed by atoms with Crippen molar-refractivity contribution in [2.45, 2.75) is 6.42 Å². The molecule has 2 aliphatic rings. The van der Waals surface area contributed by atoms with E-state index in [-0.39, 0.29) is 5.69 Å². The molecule has 0 spiro atoms. The van der Waals surface area contributed by atoms with Gasteiger partial charge in [-0.3, -0.25) is 14.7 Å². The monoisotopic (exact) mass is 214 g/mol. The molecule has 1 N–H and O–H groups in total. The van der Waals surface area contributed by atoms with Crippen molar-refractivity contribution in [1.29, 1.82) is 0 Å². The van der Waals surface area contributed by atoms with E-state index in [2.05, 4.69) is 20.2 Å². The van der Waals surface area contributed by atoms with Gasteiger partial charge in [0.05, 0.1) is 5.69 Å². The summed E-state index contributed by atoms with van der Waals surface area (Å²) in [6.07, 6.45) is 2.19. The Morgan fingerprint density at radius 2 is 2.12 bits per heavy atom. The molecule has 1 aromatic heterocycles. The van der Waals surface area contributed by atoms with Crippen molar-refractivity contribution in [2.75, 3.05) is 0 Å². The van der Waals surface area contributed by atoms with Crippen LogP contribution in [0.3, 0.4) is 0 Å². The van der Waals surface area contributed by atoms with Gasteiger partial charge in [0.15, 0.2) is 0 Å². The van der Waals surface area contributed by atoms with E-state index in [0.29, 0.717) is 17.8 Å². The van der Waals surface area contributed by atoms with Crippen molar-refractivity contribution in [1.82, 2.24) is 20.2 Å². The largest absolute Gasteiger partial charge is 0.320 e. The van der Waals surface area contributed by atoms with Crippen LogP contribution in [0.2, 0.25) is 0 Å². The van der Waals surface area contributed by atoms with Crippen LogP contribution in [0.15, 0.2) is 27.9 Å². The Bertz CT molecular complexity index is 679. The zero-order valence-electron chi connectivity index (χ0n) is 8.10. The number of nitrogens with one attached hydrogen (secondary N) is 1. The molecule has 3 rings (SSSR count). The number of aromatic nitrogens is 4. The summed E-state index contributed by atoms with van der Waals surface area (Å²) < 4.78 is 0. The zero-order chi connectivity index (χ0) is 11.1. The maximum absolute atomic E-state index is 11.3. The van der Waals surface area contributed by atoms with E-state index in [4.69, 9.17) is 0 Å². The number of nitrogens with zero attached hydrogens (tertiary/aromatic N) is 3. The lowest BCUT2D eigenvalue weighted by Crippen LogP contribution is -2.19. The molecule has 0 aromatic carbocycles. The van der Waals surface area contributed by atoms with Crippen LogP contribution in [-0.4, -0.2) is 20.2 Å². The highest BCUT2D eigenvalue weighted by Gasteiger charge is 2.19. The molecule has 0 fully saturated rings. The molecule has 6 nitrogen and oxygen atoms in total. The molecule has 6 heteroatoms. The van der Waals surface area contributed by atoms with Crippen molar-refractivity contribution in [3.05, 3.63) is 50.3 Å². The van der Waals surface area contributed by atoms with Gasteiger partial charge in [0.1, 0.15) is 5.69 Å². The first kappa shape index (κ1) is 8.90. The van der Waals surface area contributed by atoms with Crippen molar-refractivity contribution in [3.63, 3.8) is 0 Å². The molecule has 0 saturated heterocycles.